The monoisotopic (exact) mass is 398 g/mol. The van der Waals surface area contributed by atoms with Gasteiger partial charge in [-0.2, -0.15) is 5.10 Å². The number of carbonyl (C=O) groups is 1. The van der Waals surface area contributed by atoms with E-state index in [9.17, 15) is 4.79 Å². The molecule has 5 nitrogen and oxygen atoms in total. The maximum absolute atomic E-state index is 13.1. The van der Waals surface area contributed by atoms with Crippen molar-refractivity contribution in [1.29, 1.82) is 0 Å². The van der Waals surface area contributed by atoms with E-state index < -0.39 is 0 Å². The molecule has 0 unspecified atom stereocenters. The van der Waals surface area contributed by atoms with Gasteiger partial charge < -0.3 is 4.90 Å². The molecule has 5 heteroatoms. The van der Waals surface area contributed by atoms with E-state index in [1.807, 2.05) is 95.4 Å². The number of para-hydroxylation sites is 1. The van der Waals surface area contributed by atoms with Crippen LogP contribution in [-0.4, -0.2) is 40.7 Å². The molecule has 0 saturated heterocycles. The Hall–Kier alpha value is -3.44. The number of amides is 1. The summed E-state index contributed by atoms with van der Waals surface area (Å²) in [5.41, 5.74) is 3.06. The zero-order valence-electron chi connectivity index (χ0n) is 17.4. The number of likely N-dealkylation sites (N-methyl/N-ethyl adjacent to an activating group) is 2. The third-order valence-electron chi connectivity index (χ3n) is 5.19. The highest BCUT2D eigenvalue weighted by molar-refractivity contribution is 6.04. The summed E-state index contributed by atoms with van der Waals surface area (Å²) in [5.74, 6) is 0.0896. The van der Waals surface area contributed by atoms with E-state index in [0.29, 0.717) is 19.6 Å². The number of nitrogens with zero attached hydrogens (tertiary/aromatic N) is 4. The molecule has 152 valence electrons. The summed E-state index contributed by atoms with van der Waals surface area (Å²) in [6.07, 6.45) is 3.87. The van der Waals surface area contributed by atoms with Gasteiger partial charge in [-0.05, 0) is 37.6 Å². The molecule has 1 amide bonds. The highest BCUT2D eigenvalue weighted by atomic mass is 16.2. The van der Waals surface area contributed by atoms with Gasteiger partial charge in [0.05, 0.1) is 24.1 Å². The highest BCUT2D eigenvalue weighted by Gasteiger charge is 2.18. The van der Waals surface area contributed by atoms with E-state index in [0.717, 1.165) is 27.7 Å². The first-order valence-corrected chi connectivity index (χ1v) is 10.2. The van der Waals surface area contributed by atoms with Crippen LogP contribution in [0.4, 0.5) is 5.69 Å². The number of benzene rings is 3. The Morgan fingerprint density at radius 3 is 2.50 bits per heavy atom. The van der Waals surface area contributed by atoms with Crippen LogP contribution in [0.25, 0.3) is 16.5 Å². The molecule has 0 aliphatic carbocycles. The first kappa shape index (κ1) is 19.9. The van der Waals surface area contributed by atoms with Crippen LogP contribution < -0.4 is 4.90 Å². The van der Waals surface area contributed by atoms with Crippen molar-refractivity contribution in [2.75, 3.05) is 25.0 Å². The van der Waals surface area contributed by atoms with Gasteiger partial charge in [-0.3, -0.25) is 9.69 Å². The Kier molecular flexibility index (Phi) is 5.91. The molecule has 0 radical (unpaired) electrons. The van der Waals surface area contributed by atoms with Crippen molar-refractivity contribution in [2.24, 2.45) is 0 Å². The summed E-state index contributed by atoms with van der Waals surface area (Å²) in [7, 11) is 1.97. The molecule has 0 spiro atoms. The average molecular weight is 399 g/mol. The molecule has 1 heterocycles. The van der Waals surface area contributed by atoms with Crippen LogP contribution in [0.3, 0.4) is 0 Å². The van der Waals surface area contributed by atoms with E-state index >= 15 is 0 Å². The number of aromatic nitrogens is 2. The first-order chi connectivity index (χ1) is 14.7. The van der Waals surface area contributed by atoms with Crippen molar-refractivity contribution in [1.82, 2.24) is 14.7 Å². The second-order valence-electron chi connectivity index (χ2n) is 7.44. The highest BCUT2D eigenvalue weighted by Crippen LogP contribution is 2.26. The first-order valence-electron chi connectivity index (χ1n) is 10.2. The van der Waals surface area contributed by atoms with Crippen LogP contribution in [0.15, 0.2) is 85.2 Å². The molecule has 0 N–H and O–H groups in total. The van der Waals surface area contributed by atoms with Crippen LogP contribution in [-0.2, 0) is 11.3 Å². The standard InChI is InChI=1S/C25H26N4O/c1-3-28(24-15-9-11-21-10-7-8-14-23(21)24)25(30)19-27(2)17-20-16-26-29(18-20)22-12-5-4-6-13-22/h4-16,18H,3,17,19H2,1-2H3. The summed E-state index contributed by atoms with van der Waals surface area (Å²) in [5, 5.41) is 6.69. The molecule has 0 bridgehead atoms. The summed E-state index contributed by atoms with van der Waals surface area (Å²) in [4.78, 5) is 17.0. The molecule has 30 heavy (non-hydrogen) atoms. The third-order valence-corrected chi connectivity index (χ3v) is 5.19. The number of rotatable bonds is 7. The number of hydrogen-bond acceptors (Lipinski definition) is 3. The van der Waals surface area contributed by atoms with Gasteiger partial charge in [0.1, 0.15) is 0 Å². The van der Waals surface area contributed by atoms with E-state index in [1.54, 1.807) is 0 Å². The number of anilines is 1. The van der Waals surface area contributed by atoms with Crippen molar-refractivity contribution in [2.45, 2.75) is 13.5 Å². The summed E-state index contributed by atoms with van der Waals surface area (Å²) in [6, 6.07) is 24.3. The zero-order chi connectivity index (χ0) is 20.9. The molecule has 0 aliphatic rings. The largest absolute Gasteiger partial charge is 0.311 e. The number of hydrogen-bond donors (Lipinski definition) is 0. The van der Waals surface area contributed by atoms with Crippen LogP contribution in [0.1, 0.15) is 12.5 Å². The lowest BCUT2D eigenvalue weighted by Gasteiger charge is -2.25. The van der Waals surface area contributed by atoms with Crippen LogP contribution in [0.5, 0.6) is 0 Å². The molecule has 4 rings (SSSR count). The lowest BCUT2D eigenvalue weighted by Crippen LogP contribution is -2.38. The topological polar surface area (TPSA) is 41.4 Å². The van der Waals surface area contributed by atoms with Gasteiger partial charge in [-0.1, -0.05) is 54.6 Å². The Morgan fingerprint density at radius 2 is 1.70 bits per heavy atom. The van der Waals surface area contributed by atoms with Gasteiger partial charge in [0, 0.05) is 30.2 Å². The van der Waals surface area contributed by atoms with Gasteiger partial charge in [-0.25, -0.2) is 4.68 Å². The fourth-order valence-electron chi connectivity index (χ4n) is 3.77. The molecular weight excluding hydrogens is 372 g/mol. The zero-order valence-corrected chi connectivity index (χ0v) is 17.4. The fourth-order valence-corrected chi connectivity index (χ4v) is 3.77. The van der Waals surface area contributed by atoms with Crippen molar-refractivity contribution in [3.8, 4) is 5.69 Å². The average Bonchev–Trinajstić information content (AvgIpc) is 3.23. The Morgan fingerprint density at radius 1 is 0.967 bits per heavy atom. The van der Waals surface area contributed by atoms with Crippen molar-refractivity contribution >= 4 is 22.4 Å². The summed E-state index contributed by atoms with van der Waals surface area (Å²) < 4.78 is 1.86. The van der Waals surface area contributed by atoms with Crippen LogP contribution in [0, 0.1) is 0 Å². The van der Waals surface area contributed by atoms with Crippen LogP contribution >= 0.6 is 0 Å². The Bertz CT molecular complexity index is 1130. The molecule has 0 fully saturated rings. The van der Waals surface area contributed by atoms with Gasteiger partial charge in [0.25, 0.3) is 0 Å². The number of fused-ring (bicyclic) bond motifs is 1. The molecule has 1 aromatic heterocycles. The molecule has 0 aliphatic heterocycles. The SMILES string of the molecule is CCN(C(=O)CN(C)Cc1cnn(-c2ccccc2)c1)c1cccc2ccccc12. The molecule has 0 saturated carbocycles. The summed E-state index contributed by atoms with van der Waals surface area (Å²) >= 11 is 0. The molecule has 0 atom stereocenters. The predicted octanol–water partition coefficient (Wildman–Crippen LogP) is 4.51. The van der Waals surface area contributed by atoms with Crippen molar-refractivity contribution < 1.29 is 4.79 Å². The lowest BCUT2D eigenvalue weighted by atomic mass is 10.1. The number of carbonyl (C=O) groups excluding carboxylic acids is 1. The Balaban J connectivity index is 1.45. The Labute approximate surface area is 177 Å². The molecule has 3 aromatic carbocycles. The molecular formula is C25H26N4O. The normalized spacial score (nSPS) is 11.2. The maximum Gasteiger partial charge on any atom is 0.241 e. The third kappa shape index (κ3) is 4.26. The van der Waals surface area contributed by atoms with E-state index in [4.69, 9.17) is 0 Å². The van der Waals surface area contributed by atoms with Crippen molar-refractivity contribution in [3.05, 3.63) is 90.8 Å². The second kappa shape index (κ2) is 8.93. The second-order valence-corrected chi connectivity index (χ2v) is 7.44. The minimum absolute atomic E-state index is 0.0896. The minimum Gasteiger partial charge on any atom is -0.311 e. The van der Waals surface area contributed by atoms with Gasteiger partial charge in [0.15, 0.2) is 0 Å². The quantitative estimate of drug-likeness (QED) is 0.460. The molecule has 4 aromatic rings. The fraction of sp³-hybridized carbons (Fsp3) is 0.200. The van der Waals surface area contributed by atoms with Crippen molar-refractivity contribution in [3.63, 3.8) is 0 Å². The van der Waals surface area contributed by atoms with Gasteiger partial charge in [-0.15, -0.1) is 0 Å². The maximum atomic E-state index is 13.1. The van der Waals surface area contributed by atoms with E-state index in [1.165, 1.54) is 0 Å². The van der Waals surface area contributed by atoms with Crippen LogP contribution in [0.2, 0.25) is 0 Å². The van der Waals surface area contributed by atoms with Gasteiger partial charge >= 0.3 is 0 Å². The lowest BCUT2D eigenvalue weighted by molar-refractivity contribution is -0.119. The predicted molar refractivity (Wildman–Crippen MR) is 122 cm³/mol. The van der Waals surface area contributed by atoms with E-state index in [2.05, 4.69) is 23.3 Å². The smallest absolute Gasteiger partial charge is 0.241 e. The summed E-state index contributed by atoms with van der Waals surface area (Å²) in [6.45, 7) is 3.65. The van der Waals surface area contributed by atoms with Gasteiger partial charge in [0.2, 0.25) is 5.91 Å². The minimum atomic E-state index is 0.0896. The van der Waals surface area contributed by atoms with E-state index in [-0.39, 0.29) is 5.91 Å².